The summed E-state index contributed by atoms with van der Waals surface area (Å²) >= 11 is 0. The van der Waals surface area contributed by atoms with Crippen LogP contribution in [0.5, 0.6) is 0 Å². The lowest BCUT2D eigenvalue weighted by atomic mass is 9.84. The molecule has 2 amide bonds. The second-order valence-corrected chi connectivity index (χ2v) is 6.93. The van der Waals surface area contributed by atoms with E-state index in [1.54, 1.807) is 6.92 Å². The topological polar surface area (TPSA) is 219 Å². The van der Waals surface area contributed by atoms with E-state index >= 15 is 0 Å². The molecule has 1 heterocycles. The van der Waals surface area contributed by atoms with Gasteiger partial charge in [0.2, 0.25) is 0 Å². The molecule has 2 rings (SSSR count). The van der Waals surface area contributed by atoms with Crippen LogP contribution in [-0.2, 0) is 9.47 Å². The summed E-state index contributed by atoms with van der Waals surface area (Å²) in [5.41, 5.74) is 17.4. The standard InChI is InChI=1S/C15H31N5O7/c1-2-19-15(25)20-6-3-5(17)13(12(24)9(6)21)27-14-8(18)11(23)10(22)7(4-16)26-14/h5-14,21-24H,2-4,16-18H2,1H3,(H2,19,20,25)/t5?,6?,7?,8?,9?,10?,11?,12-,13?,14?/m1/s1. The number of carbonyl (C=O) groups is 1. The lowest BCUT2D eigenvalue weighted by molar-refractivity contribution is -0.288. The van der Waals surface area contributed by atoms with E-state index in [0.717, 1.165) is 0 Å². The summed E-state index contributed by atoms with van der Waals surface area (Å²) in [6.07, 6.45) is -8.41. The Morgan fingerprint density at radius 2 is 1.81 bits per heavy atom. The van der Waals surface area contributed by atoms with Gasteiger partial charge in [0.15, 0.2) is 6.29 Å². The van der Waals surface area contributed by atoms with E-state index < -0.39 is 67.1 Å². The van der Waals surface area contributed by atoms with E-state index in [1.807, 2.05) is 0 Å². The van der Waals surface area contributed by atoms with Crippen molar-refractivity contribution in [1.29, 1.82) is 0 Å². The van der Waals surface area contributed by atoms with Crippen molar-refractivity contribution in [3.63, 3.8) is 0 Å². The van der Waals surface area contributed by atoms with Crippen LogP contribution < -0.4 is 27.8 Å². The van der Waals surface area contributed by atoms with Crippen molar-refractivity contribution >= 4 is 6.03 Å². The minimum Gasteiger partial charge on any atom is -0.388 e. The molecule has 158 valence electrons. The Morgan fingerprint density at radius 3 is 2.41 bits per heavy atom. The maximum absolute atomic E-state index is 11.7. The molecule has 1 aliphatic carbocycles. The molecule has 1 saturated heterocycles. The van der Waals surface area contributed by atoms with Gasteiger partial charge < -0.3 is 57.7 Å². The van der Waals surface area contributed by atoms with Crippen molar-refractivity contribution in [3.8, 4) is 0 Å². The number of rotatable bonds is 5. The number of nitrogens with two attached hydrogens (primary N) is 3. The molecule has 12 N–H and O–H groups in total. The fraction of sp³-hybridized carbons (Fsp3) is 0.933. The highest BCUT2D eigenvalue weighted by Gasteiger charge is 2.48. The predicted octanol–water partition coefficient (Wildman–Crippen LogP) is -4.76. The number of aliphatic hydroxyl groups excluding tert-OH is 4. The molecule has 0 aromatic carbocycles. The molecular formula is C15H31N5O7. The molecule has 1 aliphatic heterocycles. The summed E-state index contributed by atoms with van der Waals surface area (Å²) in [5.74, 6) is 0. The zero-order valence-corrected chi connectivity index (χ0v) is 15.1. The van der Waals surface area contributed by atoms with Crippen molar-refractivity contribution in [2.45, 2.75) is 74.4 Å². The third-order valence-electron chi connectivity index (χ3n) is 4.97. The number of hydrogen-bond acceptors (Lipinski definition) is 10. The molecule has 0 aromatic heterocycles. The van der Waals surface area contributed by atoms with Crippen LogP contribution in [0.4, 0.5) is 4.79 Å². The van der Waals surface area contributed by atoms with Crippen LogP contribution in [0.25, 0.3) is 0 Å². The number of carbonyl (C=O) groups excluding carboxylic acids is 1. The van der Waals surface area contributed by atoms with Crippen LogP contribution in [0.2, 0.25) is 0 Å². The van der Waals surface area contributed by atoms with Crippen molar-refractivity contribution in [2.75, 3.05) is 13.1 Å². The highest BCUT2D eigenvalue weighted by atomic mass is 16.7. The average Bonchev–Trinajstić information content (AvgIpc) is 2.63. The van der Waals surface area contributed by atoms with E-state index in [1.165, 1.54) is 0 Å². The number of nitrogens with one attached hydrogen (secondary N) is 2. The van der Waals surface area contributed by atoms with Gasteiger partial charge in [-0.1, -0.05) is 0 Å². The van der Waals surface area contributed by atoms with Crippen molar-refractivity contribution in [1.82, 2.24) is 10.6 Å². The van der Waals surface area contributed by atoms with Crippen LogP contribution in [0, 0.1) is 0 Å². The lowest BCUT2D eigenvalue weighted by Crippen LogP contribution is -2.68. The molecular weight excluding hydrogens is 362 g/mol. The molecule has 12 heteroatoms. The average molecular weight is 393 g/mol. The normalized spacial score (nSPS) is 45.3. The molecule has 0 bridgehead atoms. The first-order valence-corrected chi connectivity index (χ1v) is 9.00. The van der Waals surface area contributed by atoms with Crippen LogP contribution in [0.3, 0.4) is 0 Å². The van der Waals surface area contributed by atoms with Gasteiger partial charge in [-0.3, -0.25) is 0 Å². The SMILES string of the molecule is CCNC(=O)NC1CC(N)C(OC2OC(CN)C(O)C(O)C2N)[C@H](O)C1O. The molecule has 10 atom stereocenters. The number of hydrogen-bond donors (Lipinski definition) is 9. The maximum atomic E-state index is 11.7. The zero-order valence-electron chi connectivity index (χ0n) is 15.1. The van der Waals surface area contributed by atoms with Gasteiger partial charge in [-0.15, -0.1) is 0 Å². The highest BCUT2D eigenvalue weighted by molar-refractivity contribution is 5.74. The molecule has 2 aliphatic rings. The van der Waals surface area contributed by atoms with Crippen LogP contribution in [-0.4, -0.2) is 101 Å². The first-order valence-electron chi connectivity index (χ1n) is 9.00. The fourth-order valence-corrected chi connectivity index (χ4v) is 3.38. The maximum Gasteiger partial charge on any atom is 0.315 e. The Balaban J connectivity index is 2.03. The van der Waals surface area contributed by atoms with Gasteiger partial charge in [0.05, 0.1) is 12.1 Å². The number of aliphatic hydroxyl groups is 4. The van der Waals surface area contributed by atoms with Gasteiger partial charge in [0.1, 0.15) is 36.6 Å². The first-order chi connectivity index (χ1) is 12.7. The van der Waals surface area contributed by atoms with E-state index in [2.05, 4.69) is 10.6 Å². The summed E-state index contributed by atoms with van der Waals surface area (Å²) in [6, 6.07) is -3.12. The van der Waals surface area contributed by atoms with Crippen molar-refractivity contribution in [3.05, 3.63) is 0 Å². The fourth-order valence-electron chi connectivity index (χ4n) is 3.38. The Morgan fingerprint density at radius 1 is 1.15 bits per heavy atom. The van der Waals surface area contributed by atoms with Crippen LogP contribution in [0.1, 0.15) is 13.3 Å². The zero-order chi connectivity index (χ0) is 20.3. The van der Waals surface area contributed by atoms with Crippen molar-refractivity contribution < 1.29 is 34.7 Å². The van der Waals surface area contributed by atoms with E-state index in [0.29, 0.717) is 6.54 Å². The van der Waals surface area contributed by atoms with Crippen LogP contribution >= 0.6 is 0 Å². The summed E-state index contributed by atoms with van der Waals surface area (Å²) in [4.78, 5) is 11.7. The molecule has 9 unspecified atom stereocenters. The quantitative estimate of drug-likeness (QED) is 0.217. The summed E-state index contributed by atoms with van der Waals surface area (Å²) in [7, 11) is 0. The molecule has 12 nitrogen and oxygen atoms in total. The summed E-state index contributed by atoms with van der Waals surface area (Å²) < 4.78 is 11.1. The lowest BCUT2D eigenvalue weighted by Gasteiger charge is -2.46. The minimum atomic E-state index is -1.43. The van der Waals surface area contributed by atoms with Crippen LogP contribution in [0.15, 0.2) is 0 Å². The first kappa shape index (κ1) is 22.2. The Labute approximate surface area is 157 Å². The summed E-state index contributed by atoms with van der Waals surface area (Å²) in [6.45, 7) is 2.07. The third-order valence-corrected chi connectivity index (χ3v) is 4.97. The van der Waals surface area contributed by atoms with Gasteiger partial charge in [0, 0.05) is 19.1 Å². The van der Waals surface area contributed by atoms with E-state index in [-0.39, 0.29) is 13.0 Å². The predicted molar refractivity (Wildman–Crippen MR) is 93.2 cm³/mol. The van der Waals surface area contributed by atoms with Gasteiger partial charge >= 0.3 is 6.03 Å². The summed E-state index contributed by atoms with van der Waals surface area (Å²) in [5, 5.41) is 45.7. The number of ether oxygens (including phenoxy) is 2. The van der Waals surface area contributed by atoms with E-state index in [9.17, 15) is 25.2 Å². The second kappa shape index (κ2) is 9.41. The highest BCUT2D eigenvalue weighted by Crippen LogP contribution is 2.27. The Hall–Kier alpha value is -1.09. The molecule has 0 radical (unpaired) electrons. The third kappa shape index (κ3) is 4.85. The monoisotopic (exact) mass is 393 g/mol. The largest absolute Gasteiger partial charge is 0.388 e. The molecule has 0 aromatic rings. The van der Waals surface area contributed by atoms with Gasteiger partial charge in [0.25, 0.3) is 0 Å². The molecule has 1 saturated carbocycles. The Bertz CT molecular complexity index is 499. The molecule has 2 fully saturated rings. The van der Waals surface area contributed by atoms with Gasteiger partial charge in [-0.25, -0.2) is 4.79 Å². The number of amides is 2. The van der Waals surface area contributed by atoms with E-state index in [4.69, 9.17) is 26.7 Å². The second-order valence-electron chi connectivity index (χ2n) is 6.93. The van der Waals surface area contributed by atoms with Crippen molar-refractivity contribution in [2.24, 2.45) is 17.2 Å². The Kier molecular flexibility index (Phi) is 7.73. The smallest absolute Gasteiger partial charge is 0.315 e. The molecule has 27 heavy (non-hydrogen) atoms. The van der Waals surface area contributed by atoms with Gasteiger partial charge in [-0.05, 0) is 13.3 Å². The molecule has 0 spiro atoms. The van der Waals surface area contributed by atoms with Gasteiger partial charge in [-0.2, -0.15) is 0 Å². The minimum absolute atomic E-state index is 0.0781. The number of urea groups is 1.